The van der Waals surface area contributed by atoms with Crippen LogP contribution in [0.3, 0.4) is 0 Å². The van der Waals surface area contributed by atoms with Crippen LogP contribution in [0.4, 0.5) is 0 Å². The van der Waals surface area contributed by atoms with Gasteiger partial charge in [0, 0.05) is 45.2 Å². The van der Waals surface area contributed by atoms with Gasteiger partial charge < -0.3 is 24.4 Å². The van der Waals surface area contributed by atoms with Crippen molar-refractivity contribution in [2.75, 3.05) is 35.3 Å². The Morgan fingerprint density at radius 3 is 1.51 bits per heavy atom. The maximum atomic E-state index is 14.6. The molecule has 0 spiro atoms. The number of methoxy groups -OCH3 is 1. The minimum absolute atomic E-state index is 0.0500. The Morgan fingerprint density at radius 1 is 0.632 bits per heavy atom. The molecule has 0 aliphatic rings. The topological polar surface area (TPSA) is 134 Å². The Kier molecular flexibility index (Phi) is 17.5. The largest absolute Gasteiger partial charge is 0.508 e. The molecule has 0 aliphatic carbocycles. The van der Waals surface area contributed by atoms with Crippen LogP contribution in [-0.2, 0) is 52.7 Å². The molecule has 3 aromatic rings. The van der Waals surface area contributed by atoms with E-state index in [4.69, 9.17) is 9.47 Å². The fourth-order valence-corrected chi connectivity index (χ4v) is 6.79. The predicted octanol–water partition coefficient (Wildman–Crippen LogP) is 5.98. The first kappa shape index (κ1) is 46.4. The molecule has 0 saturated heterocycles. The van der Waals surface area contributed by atoms with Crippen molar-refractivity contribution in [1.29, 1.82) is 0 Å². The molecule has 0 aliphatic heterocycles. The van der Waals surface area contributed by atoms with E-state index in [0.717, 1.165) is 22.3 Å². The van der Waals surface area contributed by atoms with E-state index in [0.29, 0.717) is 18.4 Å². The zero-order valence-electron chi connectivity index (χ0n) is 35.7. The Labute approximate surface area is 339 Å². The van der Waals surface area contributed by atoms with E-state index in [-0.39, 0.29) is 42.6 Å². The smallest absolute Gasteiger partial charge is 0.328 e. The number of likely N-dealkylation sites (N-methyl/N-ethyl adjacent to an activating group) is 3. The van der Waals surface area contributed by atoms with Crippen molar-refractivity contribution in [3.63, 3.8) is 0 Å². The van der Waals surface area contributed by atoms with Crippen LogP contribution in [0.25, 0.3) is 0 Å². The van der Waals surface area contributed by atoms with E-state index < -0.39 is 53.9 Å². The number of ketones is 1. The molecule has 3 rings (SSSR count). The lowest BCUT2D eigenvalue weighted by atomic mass is 9.85. The van der Waals surface area contributed by atoms with Crippen LogP contribution in [0.1, 0.15) is 68.4 Å². The van der Waals surface area contributed by atoms with Crippen molar-refractivity contribution in [1.82, 2.24) is 14.7 Å². The number of phenols is 1. The minimum Gasteiger partial charge on any atom is -0.508 e. The van der Waals surface area contributed by atoms with Crippen molar-refractivity contribution in [2.24, 2.45) is 17.8 Å². The number of nitrogens with zero attached hydrogens (tertiary/aromatic N) is 3. The second kappa shape index (κ2) is 21.5. The highest BCUT2D eigenvalue weighted by Gasteiger charge is 2.40. The van der Waals surface area contributed by atoms with E-state index in [1.807, 2.05) is 90.1 Å². The molecular weight excluding hydrogens is 723 g/mol. The molecule has 11 heteroatoms. The van der Waals surface area contributed by atoms with Gasteiger partial charge in [0.25, 0.3) is 0 Å². The Hall–Kier alpha value is -5.03. The van der Waals surface area contributed by atoms with Gasteiger partial charge in [-0.3, -0.25) is 24.1 Å². The Morgan fingerprint density at radius 2 is 1.07 bits per heavy atom. The maximum Gasteiger partial charge on any atom is 0.328 e. The number of hydrogen-bond acceptors (Lipinski definition) is 9. The number of carbonyl (C=O) groups excluding carboxylic acids is 5. The highest BCUT2D eigenvalue weighted by molar-refractivity contribution is 5.94. The minimum atomic E-state index is -1.08. The molecule has 1 N–H and O–H groups in total. The number of carbonyl (C=O) groups is 5. The summed E-state index contributed by atoms with van der Waals surface area (Å²) in [6, 6.07) is 19.2. The molecule has 2 amide bonds. The number of aromatic hydroxyl groups is 1. The number of rotatable bonds is 20. The van der Waals surface area contributed by atoms with Crippen molar-refractivity contribution in [3.05, 3.63) is 101 Å². The van der Waals surface area contributed by atoms with Gasteiger partial charge in [0.15, 0.2) is 11.9 Å². The molecule has 3 aromatic carbocycles. The first-order valence-corrected chi connectivity index (χ1v) is 19.8. The molecular formula is C46H63N3O8. The van der Waals surface area contributed by atoms with E-state index in [1.165, 1.54) is 43.1 Å². The molecule has 6 atom stereocenters. The van der Waals surface area contributed by atoms with Gasteiger partial charge in [-0.2, -0.15) is 0 Å². The predicted molar refractivity (Wildman–Crippen MR) is 221 cm³/mol. The third kappa shape index (κ3) is 13.0. The van der Waals surface area contributed by atoms with Gasteiger partial charge in [0.1, 0.15) is 23.9 Å². The summed E-state index contributed by atoms with van der Waals surface area (Å²) in [5.41, 5.74) is 4.63. The second-order valence-electron chi connectivity index (χ2n) is 15.9. The van der Waals surface area contributed by atoms with Crippen LogP contribution in [-0.4, -0.2) is 109 Å². The fraction of sp³-hybridized carbons (Fsp3) is 0.500. The van der Waals surface area contributed by atoms with Crippen molar-refractivity contribution in [2.45, 2.75) is 97.9 Å². The van der Waals surface area contributed by atoms with E-state index >= 15 is 0 Å². The Bertz CT molecular complexity index is 1790. The maximum absolute atomic E-state index is 14.6. The Balaban J connectivity index is 1.93. The molecule has 0 saturated carbocycles. The number of ether oxygens (including phenoxy) is 2. The van der Waals surface area contributed by atoms with Crippen LogP contribution in [0.15, 0.2) is 72.8 Å². The summed E-state index contributed by atoms with van der Waals surface area (Å²) in [5, 5.41) is 9.95. The zero-order chi connectivity index (χ0) is 42.6. The lowest BCUT2D eigenvalue weighted by Crippen LogP contribution is -2.55. The van der Waals surface area contributed by atoms with E-state index in [9.17, 15) is 29.1 Å². The summed E-state index contributed by atoms with van der Waals surface area (Å²) in [7, 11) is 7.92. The third-order valence-electron chi connectivity index (χ3n) is 11.0. The summed E-state index contributed by atoms with van der Waals surface area (Å²) in [6.07, 6.45) is -0.0562. The summed E-state index contributed by atoms with van der Waals surface area (Å²) in [6.45, 7) is 11.4. The molecule has 0 bridgehead atoms. The molecule has 310 valence electrons. The number of aryl methyl sites for hydroxylation is 2. The summed E-state index contributed by atoms with van der Waals surface area (Å²) >= 11 is 0. The number of hydrogen-bond donors (Lipinski definition) is 1. The number of benzene rings is 3. The lowest BCUT2D eigenvalue weighted by Gasteiger charge is -2.36. The van der Waals surface area contributed by atoms with Crippen LogP contribution < -0.4 is 0 Å². The number of amides is 2. The first-order chi connectivity index (χ1) is 26.9. The van der Waals surface area contributed by atoms with Crippen LogP contribution in [0, 0.1) is 31.6 Å². The first-order valence-electron chi connectivity index (χ1n) is 19.8. The third-order valence-corrected chi connectivity index (χ3v) is 11.0. The molecule has 0 fully saturated rings. The summed E-state index contributed by atoms with van der Waals surface area (Å²) in [4.78, 5) is 74.7. The monoisotopic (exact) mass is 785 g/mol. The van der Waals surface area contributed by atoms with Crippen LogP contribution in [0.2, 0.25) is 0 Å². The summed E-state index contributed by atoms with van der Waals surface area (Å²) in [5.74, 6) is -3.85. The number of esters is 2. The molecule has 0 heterocycles. The molecule has 57 heavy (non-hydrogen) atoms. The lowest BCUT2D eigenvalue weighted by molar-refractivity contribution is -0.163. The molecule has 11 nitrogen and oxygen atoms in total. The highest BCUT2D eigenvalue weighted by Crippen LogP contribution is 2.26. The van der Waals surface area contributed by atoms with Crippen molar-refractivity contribution < 1.29 is 38.6 Å². The average Bonchev–Trinajstić information content (AvgIpc) is 3.19. The van der Waals surface area contributed by atoms with Gasteiger partial charge >= 0.3 is 11.9 Å². The van der Waals surface area contributed by atoms with Gasteiger partial charge in [0.2, 0.25) is 11.8 Å². The van der Waals surface area contributed by atoms with Gasteiger partial charge in [-0.25, -0.2) is 4.79 Å². The number of phenolic OH excluding ortho intramolecular Hbond substituents is 1. The SMILES string of the molecule is CC[C@@H](C)[C@@H](OC(=O)[C@H](Cc1ccc(C)cc1)N(C)C)C(=O)C[C@@H](C(=O)N(C)[C@H](Cc1ccc(O)cc1)C(=O)N(C)[C@H](Cc1ccc(C)cc1)C(=O)OC)C(C)C. The molecule has 0 radical (unpaired) electrons. The van der Waals surface area contributed by atoms with Crippen LogP contribution >= 0.6 is 0 Å². The zero-order valence-corrected chi connectivity index (χ0v) is 35.7. The second-order valence-corrected chi connectivity index (χ2v) is 15.9. The molecule has 0 aromatic heterocycles. The quantitative estimate of drug-likeness (QED) is 0.137. The van der Waals surface area contributed by atoms with Gasteiger partial charge in [-0.05, 0) is 75.5 Å². The summed E-state index contributed by atoms with van der Waals surface area (Å²) < 4.78 is 11.2. The van der Waals surface area contributed by atoms with Gasteiger partial charge in [-0.1, -0.05) is 99.5 Å². The number of Topliss-reactive ketones (excluding diaryl/α,β-unsaturated/α-hetero) is 1. The normalized spacial score (nSPS) is 14.5. The van der Waals surface area contributed by atoms with Crippen LogP contribution in [0.5, 0.6) is 5.75 Å². The van der Waals surface area contributed by atoms with Gasteiger partial charge in [0.05, 0.1) is 7.11 Å². The van der Waals surface area contributed by atoms with Gasteiger partial charge in [-0.15, -0.1) is 0 Å². The fourth-order valence-electron chi connectivity index (χ4n) is 6.79. The van der Waals surface area contributed by atoms with Crippen molar-refractivity contribution >= 4 is 29.5 Å². The standard InChI is InChI=1S/C46H63N3O8/c1-12-32(6)42(57-46(55)39(47(7)8)26-33-17-13-30(4)14-18-33)41(51)28-37(29(2)3)43(52)48(9)38(25-35-21-23-36(50)24-22-35)44(53)49(10)40(45(54)56-11)27-34-19-15-31(5)16-20-34/h13-24,29,32,37-40,42,50H,12,25-28H2,1-11H3/t32-,37-,38-,39+,40-,42-/m1/s1. The average molecular weight is 786 g/mol. The van der Waals surface area contributed by atoms with Crippen molar-refractivity contribution in [3.8, 4) is 5.75 Å². The van der Waals surface area contributed by atoms with E-state index in [2.05, 4.69) is 0 Å². The molecule has 0 unspecified atom stereocenters. The highest BCUT2D eigenvalue weighted by atomic mass is 16.5. The van der Waals surface area contributed by atoms with E-state index in [1.54, 1.807) is 31.1 Å².